The summed E-state index contributed by atoms with van der Waals surface area (Å²) >= 11 is 0. The molecule has 0 saturated carbocycles. The lowest BCUT2D eigenvalue weighted by Gasteiger charge is -2.33. The zero-order valence-electron chi connectivity index (χ0n) is 15.7. The van der Waals surface area contributed by atoms with Crippen LogP contribution in [-0.2, 0) is 9.59 Å². The minimum absolute atomic E-state index is 0.194. The second-order valence-electron chi connectivity index (χ2n) is 6.94. The number of nitrogens with zero attached hydrogens (tertiary/aromatic N) is 4. The highest BCUT2D eigenvalue weighted by molar-refractivity contribution is 6.38. The third-order valence-corrected chi connectivity index (χ3v) is 5.20. The molecule has 2 saturated heterocycles. The van der Waals surface area contributed by atoms with Gasteiger partial charge in [0.2, 0.25) is 5.88 Å². The predicted molar refractivity (Wildman–Crippen MR) is 102 cm³/mol. The number of hydrogen-bond acceptors (Lipinski definition) is 5. The summed E-state index contributed by atoms with van der Waals surface area (Å²) in [5.74, 6) is -0.853. The average Bonchev–Trinajstić information content (AvgIpc) is 3.18. The van der Waals surface area contributed by atoms with Crippen LogP contribution in [0.4, 0.5) is 4.79 Å². The Bertz CT molecular complexity index is 931. The highest BCUT2D eigenvalue weighted by Gasteiger charge is 2.39. The number of hydrogen-bond donors (Lipinski definition) is 0. The lowest BCUT2D eigenvalue weighted by Crippen LogP contribution is -2.58. The number of ether oxygens (including phenoxy) is 1. The van der Waals surface area contributed by atoms with Crippen molar-refractivity contribution in [1.82, 2.24) is 19.7 Å². The normalized spacial score (nSPS) is 20.2. The van der Waals surface area contributed by atoms with Crippen LogP contribution in [0, 0.1) is 0 Å². The van der Waals surface area contributed by atoms with Crippen molar-refractivity contribution in [2.75, 3.05) is 32.7 Å². The van der Waals surface area contributed by atoms with E-state index in [-0.39, 0.29) is 12.6 Å². The first-order chi connectivity index (χ1) is 13.6. The molecule has 1 atom stereocenters. The van der Waals surface area contributed by atoms with E-state index >= 15 is 0 Å². The number of pyridine rings is 1. The van der Waals surface area contributed by atoms with Crippen molar-refractivity contribution < 1.29 is 19.1 Å². The van der Waals surface area contributed by atoms with E-state index < -0.39 is 17.8 Å². The van der Waals surface area contributed by atoms with Crippen LogP contribution in [0.1, 0.15) is 13.3 Å². The Morgan fingerprint density at radius 3 is 2.75 bits per heavy atom. The molecular formula is C20H22N4O4. The van der Waals surface area contributed by atoms with Crippen LogP contribution in [0.2, 0.25) is 0 Å². The molecule has 4 rings (SSSR count). The van der Waals surface area contributed by atoms with Gasteiger partial charge in [-0.3, -0.25) is 14.5 Å². The number of aromatic nitrogens is 1. The molecule has 2 aromatic rings. The lowest BCUT2D eigenvalue weighted by atomic mass is 10.2. The highest BCUT2D eigenvalue weighted by Crippen LogP contribution is 2.21. The SMILES string of the molecule is CCN1CCN(C(=O)N2CCC(Oc3ccc4ccccc4n3)C2)C(=O)C1=O. The Labute approximate surface area is 162 Å². The minimum Gasteiger partial charge on any atom is -0.472 e. The summed E-state index contributed by atoms with van der Waals surface area (Å²) < 4.78 is 5.95. The van der Waals surface area contributed by atoms with Crippen molar-refractivity contribution in [3.8, 4) is 5.88 Å². The molecule has 2 aliphatic heterocycles. The summed E-state index contributed by atoms with van der Waals surface area (Å²) in [7, 11) is 0. The minimum atomic E-state index is -0.751. The fourth-order valence-corrected chi connectivity index (χ4v) is 3.61. The van der Waals surface area contributed by atoms with Crippen LogP contribution in [0.3, 0.4) is 0 Å². The van der Waals surface area contributed by atoms with E-state index in [1.165, 1.54) is 4.90 Å². The lowest BCUT2D eigenvalue weighted by molar-refractivity contribution is -0.153. The number of fused-ring (bicyclic) bond motifs is 1. The quantitative estimate of drug-likeness (QED) is 0.752. The number of piperazine rings is 1. The molecule has 28 heavy (non-hydrogen) atoms. The molecule has 0 bridgehead atoms. The summed E-state index contributed by atoms with van der Waals surface area (Å²) in [4.78, 5) is 45.5. The van der Waals surface area contributed by atoms with E-state index in [1.54, 1.807) is 4.90 Å². The maximum atomic E-state index is 12.7. The summed E-state index contributed by atoms with van der Waals surface area (Å²) in [6.07, 6.45) is 0.456. The molecule has 0 N–H and O–H groups in total. The van der Waals surface area contributed by atoms with E-state index in [4.69, 9.17) is 4.74 Å². The topological polar surface area (TPSA) is 83.0 Å². The summed E-state index contributed by atoms with van der Waals surface area (Å²) in [5.41, 5.74) is 0.851. The van der Waals surface area contributed by atoms with Gasteiger partial charge in [-0.05, 0) is 19.1 Å². The van der Waals surface area contributed by atoms with Crippen LogP contribution in [-0.4, -0.2) is 76.4 Å². The standard InChI is InChI=1S/C20H22N4O4/c1-2-22-11-12-24(19(26)18(22)25)20(27)23-10-9-15(13-23)28-17-8-7-14-5-3-4-6-16(14)21-17/h3-8,15H,2,9-13H2,1H3. The Morgan fingerprint density at radius 2 is 1.93 bits per heavy atom. The third-order valence-electron chi connectivity index (χ3n) is 5.20. The molecule has 0 radical (unpaired) electrons. The van der Waals surface area contributed by atoms with Gasteiger partial charge in [-0.1, -0.05) is 18.2 Å². The van der Waals surface area contributed by atoms with Crippen molar-refractivity contribution in [3.05, 3.63) is 36.4 Å². The Kier molecular flexibility index (Phi) is 4.85. The second-order valence-corrected chi connectivity index (χ2v) is 6.94. The first kappa shape index (κ1) is 18.2. The van der Waals surface area contributed by atoms with Crippen molar-refractivity contribution in [1.29, 1.82) is 0 Å². The van der Waals surface area contributed by atoms with Gasteiger partial charge in [0.1, 0.15) is 6.10 Å². The number of benzene rings is 1. The van der Waals surface area contributed by atoms with Gasteiger partial charge < -0.3 is 14.5 Å². The van der Waals surface area contributed by atoms with E-state index in [0.29, 0.717) is 38.5 Å². The molecule has 4 amide bonds. The molecule has 146 valence electrons. The monoisotopic (exact) mass is 382 g/mol. The van der Waals surface area contributed by atoms with Gasteiger partial charge in [0.25, 0.3) is 0 Å². The number of imide groups is 1. The number of rotatable bonds is 3. The Balaban J connectivity index is 1.38. The molecule has 0 aliphatic carbocycles. The molecule has 1 aromatic heterocycles. The number of urea groups is 1. The fourth-order valence-electron chi connectivity index (χ4n) is 3.61. The van der Waals surface area contributed by atoms with E-state index in [1.807, 2.05) is 43.3 Å². The number of likely N-dealkylation sites (N-methyl/N-ethyl adjacent to an activating group) is 1. The maximum absolute atomic E-state index is 12.7. The molecular weight excluding hydrogens is 360 g/mol. The predicted octanol–water partition coefficient (Wildman–Crippen LogP) is 1.50. The van der Waals surface area contributed by atoms with Gasteiger partial charge in [-0.2, -0.15) is 0 Å². The second kappa shape index (κ2) is 7.46. The highest BCUT2D eigenvalue weighted by atomic mass is 16.5. The summed E-state index contributed by atoms with van der Waals surface area (Å²) in [6.45, 7) is 3.72. The van der Waals surface area contributed by atoms with Gasteiger partial charge in [0.05, 0.1) is 12.1 Å². The zero-order valence-corrected chi connectivity index (χ0v) is 15.7. The molecule has 1 unspecified atom stereocenters. The maximum Gasteiger partial charge on any atom is 0.327 e. The largest absolute Gasteiger partial charge is 0.472 e. The first-order valence-electron chi connectivity index (χ1n) is 9.49. The van der Waals surface area contributed by atoms with Crippen LogP contribution in [0.5, 0.6) is 5.88 Å². The van der Waals surface area contributed by atoms with Gasteiger partial charge in [-0.25, -0.2) is 9.78 Å². The average molecular weight is 382 g/mol. The van der Waals surface area contributed by atoms with Crippen molar-refractivity contribution in [2.24, 2.45) is 0 Å². The third kappa shape index (κ3) is 3.37. The number of amides is 4. The first-order valence-corrected chi connectivity index (χ1v) is 9.49. The van der Waals surface area contributed by atoms with E-state index in [0.717, 1.165) is 15.8 Å². The summed E-state index contributed by atoms with van der Waals surface area (Å²) in [6, 6.07) is 11.1. The van der Waals surface area contributed by atoms with Gasteiger partial charge in [-0.15, -0.1) is 0 Å². The molecule has 0 spiro atoms. The molecule has 8 nitrogen and oxygen atoms in total. The molecule has 1 aromatic carbocycles. The van der Waals surface area contributed by atoms with E-state index in [9.17, 15) is 14.4 Å². The molecule has 3 heterocycles. The summed E-state index contributed by atoms with van der Waals surface area (Å²) in [5, 5.41) is 1.03. The Hall–Kier alpha value is -3.16. The van der Waals surface area contributed by atoms with Crippen molar-refractivity contribution in [2.45, 2.75) is 19.4 Å². The molecule has 2 fully saturated rings. The van der Waals surface area contributed by atoms with Gasteiger partial charge in [0.15, 0.2) is 0 Å². The molecule has 8 heteroatoms. The number of likely N-dealkylation sites (tertiary alicyclic amines) is 1. The van der Waals surface area contributed by atoms with Crippen molar-refractivity contribution in [3.63, 3.8) is 0 Å². The van der Waals surface area contributed by atoms with Gasteiger partial charge >= 0.3 is 17.8 Å². The van der Waals surface area contributed by atoms with Crippen LogP contribution >= 0.6 is 0 Å². The van der Waals surface area contributed by atoms with Gasteiger partial charge in [0, 0.05) is 44.1 Å². The van der Waals surface area contributed by atoms with E-state index in [2.05, 4.69) is 4.98 Å². The fraction of sp³-hybridized carbons (Fsp3) is 0.400. The van der Waals surface area contributed by atoms with Crippen LogP contribution in [0.25, 0.3) is 10.9 Å². The number of carbonyl (C=O) groups excluding carboxylic acids is 3. The number of para-hydroxylation sites is 1. The van der Waals surface area contributed by atoms with Crippen molar-refractivity contribution >= 4 is 28.7 Å². The van der Waals surface area contributed by atoms with Crippen LogP contribution < -0.4 is 4.74 Å². The number of carbonyl (C=O) groups is 3. The smallest absolute Gasteiger partial charge is 0.327 e. The Morgan fingerprint density at radius 1 is 1.11 bits per heavy atom. The molecule has 2 aliphatic rings. The zero-order chi connectivity index (χ0) is 19.7. The van der Waals surface area contributed by atoms with Crippen LogP contribution in [0.15, 0.2) is 36.4 Å².